The topological polar surface area (TPSA) is 55.4 Å². The van der Waals surface area contributed by atoms with Crippen molar-refractivity contribution in [3.05, 3.63) is 48.0 Å². The molecule has 0 radical (unpaired) electrons. The van der Waals surface area contributed by atoms with Crippen LogP contribution in [0.5, 0.6) is 0 Å². The van der Waals surface area contributed by atoms with Crippen molar-refractivity contribution >= 4 is 22.6 Å². The molecule has 2 aromatic carbocycles. The molecule has 4 nitrogen and oxygen atoms in total. The Balaban J connectivity index is 1.78. The number of rotatable bonds is 5. The zero-order chi connectivity index (χ0) is 17.6. The van der Waals surface area contributed by atoms with Crippen LogP contribution < -0.4 is 5.32 Å². The number of esters is 1. The summed E-state index contributed by atoms with van der Waals surface area (Å²) in [7, 11) is 1.37. The molecule has 0 spiro atoms. The van der Waals surface area contributed by atoms with Crippen LogP contribution in [0.15, 0.2) is 42.5 Å². The minimum Gasteiger partial charge on any atom is -0.467 e. The van der Waals surface area contributed by atoms with E-state index in [4.69, 9.17) is 4.74 Å². The predicted octanol–water partition coefficient (Wildman–Crippen LogP) is 3.62. The van der Waals surface area contributed by atoms with Gasteiger partial charge in [0.1, 0.15) is 6.04 Å². The van der Waals surface area contributed by atoms with Gasteiger partial charge in [-0.2, -0.15) is 0 Å². The maximum atomic E-state index is 12.6. The van der Waals surface area contributed by atoms with E-state index in [2.05, 4.69) is 5.32 Å². The highest BCUT2D eigenvalue weighted by Crippen LogP contribution is 2.24. The lowest BCUT2D eigenvalue weighted by molar-refractivity contribution is -0.145. The molecule has 1 atom stereocenters. The summed E-state index contributed by atoms with van der Waals surface area (Å²) in [5.41, 5.74) is 1.04. The second kappa shape index (κ2) is 8.15. The third-order valence-corrected chi connectivity index (χ3v) is 5.08. The Morgan fingerprint density at radius 2 is 1.80 bits per heavy atom. The van der Waals surface area contributed by atoms with Crippen molar-refractivity contribution in [2.45, 2.75) is 44.6 Å². The molecule has 25 heavy (non-hydrogen) atoms. The summed E-state index contributed by atoms with van der Waals surface area (Å²) < 4.78 is 4.93. The third-order valence-electron chi connectivity index (χ3n) is 5.08. The van der Waals surface area contributed by atoms with Crippen LogP contribution in [-0.2, 0) is 20.7 Å². The third kappa shape index (κ3) is 4.19. The molecule has 1 fully saturated rings. The van der Waals surface area contributed by atoms with Crippen molar-refractivity contribution in [2.24, 2.45) is 5.92 Å². The molecule has 3 rings (SSSR count). The molecule has 0 saturated heterocycles. The molecule has 1 amide bonds. The molecule has 0 aliphatic heterocycles. The van der Waals surface area contributed by atoms with Crippen LogP contribution in [0.1, 0.15) is 37.7 Å². The Morgan fingerprint density at radius 1 is 1.08 bits per heavy atom. The average molecular weight is 339 g/mol. The van der Waals surface area contributed by atoms with Gasteiger partial charge in [-0.25, -0.2) is 4.79 Å². The summed E-state index contributed by atoms with van der Waals surface area (Å²) in [6, 6.07) is 13.5. The number of benzene rings is 2. The van der Waals surface area contributed by atoms with Crippen LogP contribution in [0.25, 0.3) is 10.8 Å². The first-order valence-electron chi connectivity index (χ1n) is 9.04. The summed E-state index contributed by atoms with van der Waals surface area (Å²) in [6.07, 6.45) is 5.63. The molecule has 1 aliphatic carbocycles. The van der Waals surface area contributed by atoms with Gasteiger partial charge in [0.25, 0.3) is 0 Å². The summed E-state index contributed by atoms with van der Waals surface area (Å²) in [5, 5.41) is 5.17. The summed E-state index contributed by atoms with van der Waals surface area (Å²) >= 11 is 0. The number of hydrogen-bond donors (Lipinski definition) is 1. The molecule has 4 heteroatoms. The van der Waals surface area contributed by atoms with Crippen molar-refractivity contribution in [3.8, 4) is 0 Å². The van der Waals surface area contributed by atoms with Crippen molar-refractivity contribution in [1.29, 1.82) is 0 Å². The SMILES string of the molecule is COC(=O)[C@H](Cc1cccc2ccccc12)NC(=O)C1CCCCC1. The molecule has 0 unspecified atom stereocenters. The van der Waals surface area contributed by atoms with Crippen molar-refractivity contribution < 1.29 is 14.3 Å². The number of carbonyl (C=O) groups excluding carboxylic acids is 2. The fourth-order valence-electron chi connectivity index (χ4n) is 3.68. The van der Waals surface area contributed by atoms with Gasteiger partial charge in [0.15, 0.2) is 0 Å². The van der Waals surface area contributed by atoms with Crippen LogP contribution in [0.3, 0.4) is 0 Å². The highest BCUT2D eigenvalue weighted by Gasteiger charge is 2.27. The number of carbonyl (C=O) groups is 2. The van der Waals surface area contributed by atoms with E-state index in [1.807, 2.05) is 42.5 Å². The monoisotopic (exact) mass is 339 g/mol. The number of methoxy groups -OCH3 is 1. The smallest absolute Gasteiger partial charge is 0.328 e. The van der Waals surface area contributed by atoms with Crippen molar-refractivity contribution in [1.82, 2.24) is 5.32 Å². The van der Waals surface area contributed by atoms with Gasteiger partial charge >= 0.3 is 5.97 Å². The summed E-state index contributed by atoms with van der Waals surface area (Å²) in [4.78, 5) is 24.8. The Hall–Kier alpha value is -2.36. The zero-order valence-corrected chi connectivity index (χ0v) is 14.7. The number of hydrogen-bond acceptors (Lipinski definition) is 3. The molecule has 1 N–H and O–H groups in total. The second-order valence-corrected chi connectivity index (χ2v) is 6.76. The summed E-state index contributed by atoms with van der Waals surface area (Å²) in [6.45, 7) is 0. The van der Waals surface area contributed by atoms with Gasteiger partial charge in [0.05, 0.1) is 7.11 Å². The van der Waals surface area contributed by atoms with Crippen LogP contribution in [-0.4, -0.2) is 25.0 Å². The zero-order valence-electron chi connectivity index (χ0n) is 14.7. The maximum absolute atomic E-state index is 12.6. The Morgan fingerprint density at radius 3 is 2.56 bits per heavy atom. The quantitative estimate of drug-likeness (QED) is 0.847. The Bertz CT molecular complexity index is 744. The highest BCUT2D eigenvalue weighted by molar-refractivity contribution is 5.88. The average Bonchev–Trinajstić information content (AvgIpc) is 2.67. The van der Waals surface area contributed by atoms with E-state index < -0.39 is 12.0 Å². The lowest BCUT2D eigenvalue weighted by atomic mass is 9.88. The van der Waals surface area contributed by atoms with E-state index in [1.54, 1.807) is 0 Å². The molecule has 0 heterocycles. The van der Waals surface area contributed by atoms with E-state index >= 15 is 0 Å². The molecule has 132 valence electrons. The molecule has 2 aromatic rings. The van der Waals surface area contributed by atoms with Gasteiger partial charge in [-0.15, -0.1) is 0 Å². The molecule has 0 aromatic heterocycles. The predicted molar refractivity (Wildman–Crippen MR) is 98.2 cm³/mol. The van der Waals surface area contributed by atoms with Crippen LogP contribution >= 0.6 is 0 Å². The fourth-order valence-corrected chi connectivity index (χ4v) is 3.68. The largest absolute Gasteiger partial charge is 0.467 e. The van der Waals surface area contributed by atoms with E-state index in [9.17, 15) is 9.59 Å². The molecular weight excluding hydrogens is 314 g/mol. The Labute approximate surface area is 148 Å². The first-order valence-corrected chi connectivity index (χ1v) is 9.04. The maximum Gasteiger partial charge on any atom is 0.328 e. The first kappa shape index (κ1) is 17.5. The van der Waals surface area contributed by atoms with E-state index in [0.717, 1.165) is 42.0 Å². The number of amides is 1. The highest BCUT2D eigenvalue weighted by atomic mass is 16.5. The van der Waals surface area contributed by atoms with E-state index in [0.29, 0.717) is 6.42 Å². The van der Waals surface area contributed by atoms with Crippen molar-refractivity contribution in [3.63, 3.8) is 0 Å². The van der Waals surface area contributed by atoms with Gasteiger partial charge < -0.3 is 10.1 Å². The van der Waals surface area contributed by atoms with Gasteiger partial charge in [0.2, 0.25) is 5.91 Å². The van der Waals surface area contributed by atoms with Gasteiger partial charge in [-0.1, -0.05) is 61.7 Å². The minimum atomic E-state index is -0.648. The molecule has 1 saturated carbocycles. The fraction of sp³-hybridized carbons (Fsp3) is 0.429. The first-order chi connectivity index (χ1) is 12.2. The van der Waals surface area contributed by atoms with Crippen LogP contribution in [0.2, 0.25) is 0 Å². The van der Waals surface area contributed by atoms with Crippen LogP contribution in [0, 0.1) is 5.92 Å². The standard InChI is InChI=1S/C21H25NO3/c1-25-21(24)19(22-20(23)16-9-3-2-4-10-16)14-17-12-7-11-15-8-5-6-13-18(15)17/h5-8,11-13,16,19H,2-4,9-10,14H2,1H3,(H,22,23)/t19-/m0/s1. The van der Waals surface area contributed by atoms with Gasteiger partial charge in [-0.05, 0) is 29.2 Å². The molecule has 0 bridgehead atoms. The molecule has 1 aliphatic rings. The van der Waals surface area contributed by atoms with E-state index in [-0.39, 0.29) is 11.8 Å². The number of fused-ring (bicyclic) bond motifs is 1. The van der Waals surface area contributed by atoms with E-state index in [1.165, 1.54) is 13.5 Å². The second-order valence-electron chi connectivity index (χ2n) is 6.76. The van der Waals surface area contributed by atoms with Gasteiger partial charge in [-0.3, -0.25) is 4.79 Å². The van der Waals surface area contributed by atoms with Gasteiger partial charge in [0, 0.05) is 12.3 Å². The Kier molecular flexibility index (Phi) is 5.69. The molecular formula is C21H25NO3. The van der Waals surface area contributed by atoms with Crippen molar-refractivity contribution in [2.75, 3.05) is 7.11 Å². The number of ether oxygens (including phenoxy) is 1. The van der Waals surface area contributed by atoms with Crippen LogP contribution in [0.4, 0.5) is 0 Å². The summed E-state index contributed by atoms with van der Waals surface area (Å²) in [5.74, 6) is -0.388. The lowest BCUT2D eigenvalue weighted by Crippen LogP contribution is -2.45. The minimum absolute atomic E-state index is 0.0182. The number of nitrogens with one attached hydrogen (secondary N) is 1. The normalized spacial score (nSPS) is 16.4. The lowest BCUT2D eigenvalue weighted by Gasteiger charge is -2.24.